The Morgan fingerprint density at radius 1 is 1.62 bits per heavy atom. The molecule has 112 valence electrons. The number of nitrogens with one attached hydrogen (secondary N) is 2. The van der Waals surface area contributed by atoms with Crippen molar-refractivity contribution in [1.82, 2.24) is 15.0 Å². The zero-order valence-electron chi connectivity index (χ0n) is 11.9. The van der Waals surface area contributed by atoms with Crippen molar-refractivity contribution >= 4 is 22.4 Å². The molecular weight excluding hydrogens is 288 g/mol. The molecule has 0 amide bonds. The van der Waals surface area contributed by atoms with Gasteiger partial charge in [-0.2, -0.15) is 0 Å². The molecule has 1 atom stereocenters. The first kappa shape index (κ1) is 14.1. The molecule has 0 radical (unpaired) electrons. The molecule has 0 aromatic carbocycles. The summed E-state index contributed by atoms with van der Waals surface area (Å²) in [4.78, 5) is 24.7. The molecule has 21 heavy (non-hydrogen) atoms. The third kappa shape index (κ3) is 3.07. The van der Waals surface area contributed by atoms with Crippen LogP contribution in [-0.2, 0) is 22.4 Å². The summed E-state index contributed by atoms with van der Waals surface area (Å²) in [5.74, 6) is -0.329. The summed E-state index contributed by atoms with van der Waals surface area (Å²) < 4.78 is 5.12. The van der Waals surface area contributed by atoms with Gasteiger partial charge in [-0.05, 0) is 19.8 Å². The predicted molar refractivity (Wildman–Crippen MR) is 80.6 cm³/mol. The van der Waals surface area contributed by atoms with E-state index < -0.39 is 0 Å². The smallest absolute Gasteiger partial charge is 0.315 e. The van der Waals surface area contributed by atoms with Crippen LogP contribution in [0.15, 0.2) is 12.5 Å². The van der Waals surface area contributed by atoms with Crippen LogP contribution in [-0.4, -0.2) is 34.1 Å². The van der Waals surface area contributed by atoms with Crippen molar-refractivity contribution in [2.75, 3.05) is 18.5 Å². The number of nitrogens with zero attached hydrogens (tertiary/aromatic N) is 2. The van der Waals surface area contributed by atoms with E-state index in [0.29, 0.717) is 6.61 Å². The molecule has 2 aromatic rings. The minimum atomic E-state index is -0.181. The molecule has 0 bridgehead atoms. The minimum Gasteiger partial charge on any atom is -0.465 e. The van der Waals surface area contributed by atoms with E-state index >= 15 is 0 Å². The number of carbonyl (C=O) groups excluding carboxylic acids is 1. The van der Waals surface area contributed by atoms with Gasteiger partial charge >= 0.3 is 5.97 Å². The molecule has 0 aliphatic heterocycles. The Morgan fingerprint density at radius 2 is 2.52 bits per heavy atom. The van der Waals surface area contributed by atoms with Crippen molar-refractivity contribution in [2.45, 2.75) is 32.1 Å². The van der Waals surface area contributed by atoms with Gasteiger partial charge in [0.2, 0.25) is 0 Å². The zero-order chi connectivity index (χ0) is 14.7. The van der Waals surface area contributed by atoms with Crippen LogP contribution >= 0.6 is 11.3 Å². The molecular formula is C14H18N4O2S. The lowest BCUT2D eigenvalue weighted by molar-refractivity contribution is -0.145. The van der Waals surface area contributed by atoms with Crippen LogP contribution in [0.1, 0.15) is 35.5 Å². The summed E-state index contributed by atoms with van der Waals surface area (Å²) in [6.07, 6.45) is 6.10. The van der Waals surface area contributed by atoms with Crippen molar-refractivity contribution in [1.29, 1.82) is 0 Å². The molecule has 6 nitrogen and oxygen atoms in total. The summed E-state index contributed by atoms with van der Waals surface area (Å²) in [5.41, 5.74) is 2.00. The Balaban J connectivity index is 1.59. The Labute approximate surface area is 127 Å². The van der Waals surface area contributed by atoms with Crippen molar-refractivity contribution in [2.24, 2.45) is 0 Å². The lowest BCUT2D eigenvalue weighted by Gasteiger charge is -2.08. The highest BCUT2D eigenvalue weighted by Crippen LogP contribution is 2.38. The molecule has 2 N–H and O–H groups in total. The van der Waals surface area contributed by atoms with Gasteiger partial charge in [-0.15, -0.1) is 11.3 Å². The number of hydrogen-bond donors (Lipinski definition) is 2. The standard InChI is InChI=1S/C14H18N4O2S/c1-2-20-13(19)10-3-4-11-12(10)18-14(21-11)16-6-5-9-7-15-8-17-9/h7-8,10H,2-6H2,1H3,(H,15,17)(H,16,18). The Morgan fingerprint density at radius 3 is 3.29 bits per heavy atom. The number of hydrogen-bond acceptors (Lipinski definition) is 6. The number of H-pyrrole nitrogens is 1. The fourth-order valence-corrected chi connectivity index (χ4v) is 3.56. The fourth-order valence-electron chi connectivity index (χ4n) is 2.50. The van der Waals surface area contributed by atoms with Gasteiger partial charge in [-0.25, -0.2) is 9.97 Å². The topological polar surface area (TPSA) is 79.9 Å². The molecule has 0 spiro atoms. The second kappa shape index (κ2) is 6.26. The largest absolute Gasteiger partial charge is 0.465 e. The first-order valence-corrected chi connectivity index (χ1v) is 7.97. The zero-order valence-corrected chi connectivity index (χ0v) is 12.7. The molecule has 1 aliphatic rings. The number of ether oxygens (including phenoxy) is 1. The third-order valence-corrected chi connectivity index (χ3v) is 4.60. The maximum absolute atomic E-state index is 11.9. The van der Waals surface area contributed by atoms with Crippen LogP contribution < -0.4 is 5.32 Å². The number of carbonyl (C=O) groups is 1. The van der Waals surface area contributed by atoms with E-state index in [1.165, 1.54) is 4.88 Å². The van der Waals surface area contributed by atoms with Gasteiger partial charge in [0.1, 0.15) is 5.92 Å². The average Bonchev–Trinajstić information content (AvgIpc) is 3.14. The van der Waals surface area contributed by atoms with Crippen LogP contribution in [0.25, 0.3) is 0 Å². The van der Waals surface area contributed by atoms with Crippen LogP contribution in [0, 0.1) is 0 Å². The van der Waals surface area contributed by atoms with E-state index in [1.54, 1.807) is 17.7 Å². The molecule has 3 rings (SSSR count). The second-order valence-corrected chi connectivity index (χ2v) is 6.01. The van der Waals surface area contributed by atoms with Crippen LogP contribution in [0.3, 0.4) is 0 Å². The molecule has 0 saturated heterocycles. The van der Waals surface area contributed by atoms with Gasteiger partial charge in [0.25, 0.3) is 0 Å². The first-order chi connectivity index (χ1) is 10.3. The van der Waals surface area contributed by atoms with Crippen molar-refractivity contribution in [3.8, 4) is 0 Å². The van der Waals surface area contributed by atoms with E-state index in [9.17, 15) is 4.79 Å². The number of anilines is 1. The molecule has 0 fully saturated rings. The number of rotatable bonds is 6. The molecule has 0 saturated carbocycles. The number of aryl methyl sites for hydroxylation is 1. The normalized spacial score (nSPS) is 16.7. The molecule has 2 heterocycles. The number of esters is 1. The highest BCUT2D eigenvalue weighted by atomic mass is 32.1. The Bertz CT molecular complexity index is 609. The van der Waals surface area contributed by atoms with Crippen molar-refractivity contribution < 1.29 is 9.53 Å². The van der Waals surface area contributed by atoms with Gasteiger partial charge in [0, 0.05) is 29.7 Å². The molecule has 1 aliphatic carbocycles. The lowest BCUT2D eigenvalue weighted by Crippen LogP contribution is -2.14. The molecule has 1 unspecified atom stereocenters. The summed E-state index contributed by atoms with van der Waals surface area (Å²) in [5, 5.41) is 4.19. The quantitative estimate of drug-likeness (QED) is 0.799. The second-order valence-electron chi connectivity index (χ2n) is 4.92. The SMILES string of the molecule is CCOC(=O)C1CCc2sc(NCCc3cnc[nH]3)nc21. The summed E-state index contributed by atoms with van der Waals surface area (Å²) in [7, 11) is 0. The fraction of sp³-hybridized carbons (Fsp3) is 0.500. The van der Waals surface area contributed by atoms with E-state index in [4.69, 9.17) is 4.74 Å². The Hall–Kier alpha value is -1.89. The van der Waals surface area contributed by atoms with Crippen LogP contribution in [0.2, 0.25) is 0 Å². The predicted octanol–water partition coefficient (Wildman–Crippen LogP) is 2.11. The number of aromatic nitrogens is 3. The third-order valence-electron chi connectivity index (χ3n) is 3.51. The van der Waals surface area contributed by atoms with E-state index in [1.807, 2.05) is 13.1 Å². The van der Waals surface area contributed by atoms with Crippen LogP contribution in [0.5, 0.6) is 0 Å². The minimum absolute atomic E-state index is 0.148. The van der Waals surface area contributed by atoms with Gasteiger partial charge in [-0.1, -0.05) is 0 Å². The maximum atomic E-state index is 11.9. The summed E-state index contributed by atoms with van der Waals surface area (Å²) in [6.45, 7) is 3.04. The van der Waals surface area contributed by atoms with E-state index in [-0.39, 0.29) is 11.9 Å². The number of imidazole rings is 1. The highest BCUT2D eigenvalue weighted by molar-refractivity contribution is 7.15. The monoisotopic (exact) mass is 306 g/mol. The number of thiazole rings is 1. The van der Waals surface area contributed by atoms with E-state index in [0.717, 1.165) is 42.3 Å². The van der Waals surface area contributed by atoms with Gasteiger partial charge in [0.05, 0.1) is 18.6 Å². The van der Waals surface area contributed by atoms with Gasteiger partial charge in [-0.3, -0.25) is 4.79 Å². The van der Waals surface area contributed by atoms with Gasteiger partial charge in [0.15, 0.2) is 5.13 Å². The number of aromatic amines is 1. The number of fused-ring (bicyclic) bond motifs is 1. The highest BCUT2D eigenvalue weighted by Gasteiger charge is 2.33. The first-order valence-electron chi connectivity index (χ1n) is 7.15. The van der Waals surface area contributed by atoms with Crippen LogP contribution in [0.4, 0.5) is 5.13 Å². The summed E-state index contributed by atoms with van der Waals surface area (Å²) >= 11 is 1.64. The summed E-state index contributed by atoms with van der Waals surface area (Å²) in [6, 6.07) is 0. The lowest BCUT2D eigenvalue weighted by atomic mass is 10.1. The molecule has 2 aromatic heterocycles. The maximum Gasteiger partial charge on any atom is 0.315 e. The molecule has 7 heteroatoms. The van der Waals surface area contributed by atoms with Crippen molar-refractivity contribution in [3.05, 3.63) is 28.8 Å². The Kier molecular flexibility index (Phi) is 4.19. The average molecular weight is 306 g/mol. The van der Waals surface area contributed by atoms with E-state index in [2.05, 4.69) is 20.3 Å². The van der Waals surface area contributed by atoms with Gasteiger partial charge < -0.3 is 15.0 Å². The van der Waals surface area contributed by atoms with Crippen molar-refractivity contribution in [3.63, 3.8) is 0 Å².